The van der Waals surface area contributed by atoms with Gasteiger partial charge in [0, 0.05) is 6.04 Å². The fourth-order valence-electron chi connectivity index (χ4n) is 2.21. The van der Waals surface area contributed by atoms with Crippen LogP contribution in [0.25, 0.3) is 0 Å². The predicted octanol–water partition coefficient (Wildman–Crippen LogP) is 4.56. The Morgan fingerprint density at radius 1 is 1.05 bits per heavy atom. The van der Waals surface area contributed by atoms with E-state index in [0.29, 0.717) is 12.0 Å². The van der Waals surface area contributed by atoms with Gasteiger partial charge in [-0.1, -0.05) is 39.3 Å². The van der Waals surface area contributed by atoms with Gasteiger partial charge >= 0.3 is 0 Å². The zero-order chi connectivity index (χ0) is 14.3. The lowest BCUT2D eigenvalue weighted by atomic mass is 9.92. The topological polar surface area (TPSA) is 21.3 Å². The third kappa shape index (κ3) is 5.23. The summed E-state index contributed by atoms with van der Waals surface area (Å²) in [4.78, 5) is 0. The molecule has 0 saturated carbocycles. The Kier molecular flexibility index (Phi) is 6.93. The van der Waals surface area contributed by atoms with E-state index in [1.54, 1.807) is 0 Å². The lowest BCUT2D eigenvalue weighted by Gasteiger charge is -2.25. The van der Waals surface area contributed by atoms with E-state index in [0.717, 1.165) is 12.3 Å². The van der Waals surface area contributed by atoms with Crippen molar-refractivity contribution in [2.45, 2.75) is 59.6 Å². The molecule has 2 atom stereocenters. The van der Waals surface area contributed by atoms with E-state index in [9.17, 15) is 0 Å². The maximum atomic E-state index is 5.70. The summed E-state index contributed by atoms with van der Waals surface area (Å²) >= 11 is 0. The zero-order valence-electron chi connectivity index (χ0n) is 13.1. The molecule has 2 nitrogen and oxygen atoms in total. The van der Waals surface area contributed by atoms with Crippen LogP contribution >= 0.6 is 0 Å². The quantitative estimate of drug-likeness (QED) is 0.742. The van der Waals surface area contributed by atoms with E-state index in [-0.39, 0.29) is 6.10 Å². The molecule has 0 aliphatic carbocycles. The molecule has 0 saturated heterocycles. The molecule has 1 N–H and O–H groups in total. The Morgan fingerprint density at radius 3 is 2.16 bits per heavy atom. The van der Waals surface area contributed by atoms with Crippen molar-refractivity contribution in [2.24, 2.45) is 5.92 Å². The number of hydrogen-bond donors (Lipinski definition) is 1. The van der Waals surface area contributed by atoms with Gasteiger partial charge in [-0.15, -0.1) is 0 Å². The van der Waals surface area contributed by atoms with Crippen LogP contribution in [0.1, 0.15) is 59.1 Å². The first-order valence-corrected chi connectivity index (χ1v) is 7.58. The van der Waals surface area contributed by atoms with Gasteiger partial charge in [0.25, 0.3) is 0 Å². The van der Waals surface area contributed by atoms with Crippen LogP contribution in [-0.2, 0) is 0 Å². The van der Waals surface area contributed by atoms with Gasteiger partial charge in [-0.05, 0) is 50.4 Å². The first kappa shape index (κ1) is 16.0. The van der Waals surface area contributed by atoms with E-state index in [4.69, 9.17) is 4.74 Å². The molecule has 1 rings (SSSR count). The van der Waals surface area contributed by atoms with Crippen molar-refractivity contribution in [3.63, 3.8) is 0 Å². The fraction of sp³-hybridized carbons (Fsp3) is 0.647. The molecule has 1 aromatic rings. The summed E-state index contributed by atoms with van der Waals surface area (Å²) < 4.78 is 5.70. The lowest BCUT2D eigenvalue weighted by molar-refractivity contribution is 0.242. The number of benzene rings is 1. The predicted molar refractivity (Wildman–Crippen MR) is 82.7 cm³/mol. The number of hydrogen-bond acceptors (Lipinski definition) is 2. The van der Waals surface area contributed by atoms with Gasteiger partial charge < -0.3 is 10.1 Å². The van der Waals surface area contributed by atoms with Crippen molar-refractivity contribution >= 4 is 0 Å². The van der Waals surface area contributed by atoms with Crippen LogP contribution < -0.4 is 10.1 Å². The van der Waals surface area contributed by atoms with Crippen LogP contribution in [0.15, 0.2) is 24.3 Å². The summed E-state index contributed by atoms with van der Waals surface area (Å²) in [6.07, 6.45) is 2.59. The standard InChI is InChI=1S/C17H29NO/c1-6-12-18-17(14(5)7-2)15-8-10-16(11-9-15)19-13(3)4/h8-11,13-14,17-18H,6-7,12H2,1-5H3. The maximum Gasteiger partial charge on any atom is 0.119 e. The number of rotatable bonds is 8. The number of ether oxygens (including phenoxy) is 1. The van der Waals surface area contributed by atoms with Gasteiger partial charge in [-0.2, -0.15) is 0 Å². The molecule has 0 heterocycles. The molecule has 0 bridgehead atoms. The van der Waals surface area contributed by atoms with Gasteiger partial charge in [0.1, 0.15) is 5.75 Å². The van der Waals surface area contributed by atoms with Crippen LogP contribution in [-0.4, -0.2) is 12.6 Å². The molecule has 1 aromatic carbocycles. The van der Waals surface area contributed by atoms with E-state index in [2.05, 4.69) is 64.2 Å². The first-order chi connectivity index (χ1) is 9.08. The molecule has 0 fully saturated rings. The Morgan fingerprint density at radius 2 is 1.68 bits per heavy atom. The highest BCUT2D eigenvalue weighted by Crippen LogP contribution is 2.26. The normalized spacial score (nSPS) is 14.4. The second-order valence-corrected chi connectivity index (χ2v) is 5.55. The molecule has 0 amide bonds. The summed E-state index contributed by atoms with van der Waals surface area (Å²) in [6, 6.07) is 8.99. The number of nitrogens with one attached hydrogen (secondary N) is 1. The minimum absolute atomic E-state index is 0.231. The average molecular weight is 263 g/mol. The largest absolute Gasteiger partial charge is 0.491 e. The van der Waals surface area contributed by atoms with Crippen LogP contribution in [0, 0.1) is 5.92 Å². The molecule has 2 unspecified atom stereocenters. The zero-order valence-corrected chi connectivity index (χ0v) is 13.1. The minimum Gasteiger partial charge on any atom is -0.491 e. The molecule has 19 heavy (non-hydrogen) atoms. The Balaban J connectivity index is 2.78. The summed E-state index contributed by atoms with van der Waals surface area (Å²) in [5.41, 5.74) is 1.36. The molecule has 0 aliphatic heterocycles. The fourth-order valence-corrected chi connectivity index (χ4v) is 2.21. The Labute approximate surface area is 118 Å². The second kappa shape index (κ2) is 8.21. The van der Waals surface area contributed by atoms with Crippen molar-refractivity contribution < 1.29 is 4.74 Å². The monoisotopic (exact) mass is 263 g/mol. The van der Waals surface area contributed by atoms with E-state index in [1.807, 2.05) is 0 Å². The molecule has 108 valence electrons. The van der Waals surface area contributed by atoms with E-state index >= 15 is 0 Å². The Bertz CT molecular complexity index is 345. The van der Waals surface area contributed by atoms with Crippen molar-refractivity contribution in [2.75, 3.05) is 6.54 Å². The molecular weight excluding hydrogens is 234 g/mol. The lowest BCUT2D eigenvalue weighted by Crippen LogP contribution is -2.27. The van der Waals surface area contributed by atoms with Gasteiger partial charge in [0.05, 0.1) is 6.10 Å². The van der Waals surface area contributed by atoms with Gasteiger partial charge in [-0.25, -0.2) is 0 Å². The molecule has 0 radical (unpaired) electrons. The van der Waals surface area contributed by atoms with Gasteiger partial charge in [0.2, 0.25) is 0 Å². The van der Waals surface area contributed by atoms with E-state index < -0.39 is 0 Å². The summed E-state index contributed by atoms with van der Waals surface area (Å²) in [5, 5.41) is 3.66. The third-order valence-corrected chi connectivity index (χ3v) is 3.44. The Hall–Kier alpha value is -1.02. The highest BCUT2D eigenvalue weighted by molar-refractivity contribution is 5.29. The van der Waals surface area contributed by atoms with Crippen LogP contribution in [0.2, 0.25) is 0 Å². The summed E-state index contributed by atoms with van der Waals surface area (Å²) in [5.74, 6) is 1.60. The minimum atomic E-state index is 0.231. The van der Waals surface area contributed by atoms with Crippen molar-refractivity contribution in [3.8, 4) is 5.75 Å². The highest BCUT2D eigenvalue weighted by Gasteiger charge is 2.17. The molecule has 2 heteroatoms. The second-order valence-electron chi connectivity index (χ2n) is 5.55. The van der Waals surface area contributed by atoms with Gasteiger partial charge in [0.15, 0.2) is 0 Å². The van der Waals surface area contributed by atoms with Crippen molar-refractivity contribution in [3.05, 3.63) is 29.8 Å². The molecular formula is C17H29NO. The average Bonchev–Trinajstić information content (AvgIpc) is 2.40. The first-order valence-electron chi connectivity index (χ1n) is 7.58. The van der Waals surface area contributed by atoms with Crippen molar-refractivity contribution in [1.82, 2.24) is 5.32 Å². The van der Waals surface area contributed by atoms with Crippen LogP contribution in [0.3, 0.4) is 0 Å². The molecule has 0 aliphatic rings. The van der Waals surface area contributed by atoms with E-state index in [1.165, 1.54) is 18.4 Å². The third-order valence-electron chi connectivity index (χ3n) is 3.44. The highest BCUT2D eigenvalue weighted by atomic mass is 16.5. The van der Waals surface area contributed by atoms with Gasteiger partial charge in [-0.3, -0.25) is 0 Å². The molecule has 0 aromatic heterocycles. The summed E-state index contributed by atoms with van der Waals surface area (Å²) in [7, 11) is 0. The SMILES string of the molecule is CCCNC(c1ccc(OC(C)C)cc1)C(C)CC. The van der Waals surface area contributed by atoms with Crippen LogP contribution in [0.4, 0.5) is 0 Å². The van der Waals surface area contributed by atoms with Crippen LogP contribution in [0.5, 0.6) is 5.75 Å². The molecule has 0 spiro atoms. The van der Waals surface area contributed by atoms with Crippen molar-refractivity contribution in [1.29, 1.82) is 0 Å². The smallest absolute Gasteiger partial charge is 0.119 e. The summed E-state index contributed by atoms with van der Waals surface area (Å²) in [6.45, 7) is 11.9. The maximum absolute atomic E-state index is 5.70.